The maximum absolute atomic E-state index is 12.8. The first-order chi connectivity index (χ1) is 6.11. The predicted molar refractivity (Wildman–Crippen MR) is 45.9 cm³/mol. The fraction of sp³-hybridized carbons (Fsp3) is 0.222. The van der Waals surface area contributed by atoms with Crippen LogP contribution >= 0.6 is 0 Å². The number of primary amides is 1. The minimum Gasteiger partial charge on any atom is -0.497 e. The number of amides is 1. The Balaban J connectivity index is 2.94. The Morgan fingerprint density at radius 1 is 1.54 bits per heavy atom. The molecule has 0 aromatic heterocycles. The maximum atomic E-state index is 12.8. The van der Waals surface area contributed by atoms with Gasteiger partial charge >= 0.3 is 0 Å². The molecule has 0 spiro atoms. The molecule has 0 aliphatic carbocycles. The van der Waals surface area contributed by atoms with Crippen LogP contribution in [0.1, 0.15) is 5.56 Å². The molecular weight excluding hydrogens is 173 g/mol. The minimum atomic E-state index is -0.493. The molecule has 0 aliphatic rings. The summed E-state index contributed by atoms with van der Waals surface area (Å²) >= 11 is 0. The van der Waals surface area contributed by atoms with Crippen LogP contribution in [0.5, 0.6) is 5.75 Å². The first kappa shape index (κ1) is 9.51. The number of carbonyl (C=O) groups is 1. The highest BCUT2D eigenvalue weighted by Crippen LogP contribution is 2.15. The van der Waals surface area contributed by atoms with Gasteiger partial charge in [-0.05, 0) is 17.7 Å². The van der Waals surface area contributed by atoms with Crippen molar-refractivity contribution in [2.75, 3.05) is 7.11 Å². The van der Waals surface area contributed by atoms with Gasteiger partial charge in [-0.2, -0.15) is 0 Å². The fourth-order valence-corrected chi connectivity index (χ4v) is 1.04. The summed E-state index contributed by atoms with van der Waals surface area (Å²) in [7, 11) is 1.43. The molecule has 1 amide bonds. The molecule has 1 aromatic rings. The first-order valence-electron chi connectivity index (χ1n) is 3.73. The molecule has 2 N–H and O–H groups in total. The lowest BCUT2D eigenvalue weighted by Crippen LogP contribution is -2.13. The molecule has 4 heteroatoms. The van der Waals surface area contributed by atoms with Gasteiger partial charge in [0.25, 0.3) is 0 Å². The van der Waals surface area contributed by atoms with Gasteiger partial charge in [0.1, 0.15) is 11.6 Å². The fourth-order valence-electron chi connectivity index (χ4n) is 1.04. The largest absolute Gasteiger partial charge is 0.497 e. The van der Waals surface area contributed by atoms with E-state index in [0.29, 0.717) is 11.3 Å². The van der Waals surface area contributed by atoms with E-state index >= 15 is 0 Å². The Kier molecular flexibility index (Phi) is 2.84. The van der Waals surface area contributed by atoms with Gasteiger partial charge in [0.15, 0.2) is 0 Å². The highest BCUT2D eigenvalue weighted by Gasteiger charge is 2.03. The van der Waals surface area contributed by atoms with Gasteiger partial charge in [-0.1, -0.05) is 0 Å². The summed E-state index contributed by atoms with van der Waals surface area (Å²) in [4.78, 5) is 10.5. The number of rotatable bonds is 3. The van der Waals surface area contributed by atoms with Gasteiger partial charge in [0, 0.05) is 6.07 Å². The summed E-state index contributed by atoms with van der Waals surface area (Å²) < 4.78 is 17.7. The lowest BCUT2D eigenvalue weighted by molar-refractivity contribution is -0.117. The second-order valence-corrected chi connectivity index (χ2v) is 2.64. The van der Waals surface area contributed by atoms with Crippen molar-refractivity contribution in [1.82, 2.24) is 0 Å². The van der Waals surface area contributed by atoms with E-state index in [4.69, 9.17) is 10.5 Å². The summed E-state index contributed by atoms with van der Waals surface area (Å²) in [5.74, 6) is -0.542. The smallest absolute Gasteiger partial charge is 0.221 e. The summed E-state index contributed by atoms with van der Waals surface area (Å²) in [6.45, 7) is 0. The lowest BCUT2D eigenvalue weighted by atomic mass is 10.1. The van der Waals surface area contributed by atoms with Gasteiger partial charge in [-0.3, -0.25) is 4.79 Å². The van der Waals surface area contributed by atoms with Crippen LogP contribution in [0.4, 0.5) is 4.39 Å². The third kappa shape index (κ3) is 2.74. The molecule has 1 rings (SSSR count). The second-order valence-electron chi connectivity index (χ2n) is 2.64. The monoisotopic (exact) mass is 183 g/mol. The van der Waals surface area contributed by atoms with E-state index in [2.05, 4.69) is 0 Å². The highest BCUT2D eigenvalue weighted by atomic mass is 19.1. The first-order valence-corrected chi connectivity index (χ1v) is 3.73. The summed E-state index contributed by atoms with van der Waals surface area (Å²) in [6.07, 6.45) is 0.0219. The SMILES string of the molecule is COc1cc(F)cc(CC(N)=O)c1. The van der Waals surface area contributed by atoms with Crippen LogP contribution < -0.4 is 10.5 Å². The van der Waals surface area contributed by atoms with Crippen molar-refractivity contribution in [3.8, 4) is 5.75 Å². The van der Waals surface area contributed by atoms with Gasteiger partial charge in [0.2, 0.25) is 5.91 Å². The lowest BCUT2D eigenvalue weighted by Gasteiger charge is -2.02. The Hall–Kier alpha value is -1.58. The van der Waals surface area contributed by atoms with Crippen LogP contribution in [0.3, 0.4) is 0 Å². The molecule has 0 fully saturated rings. The number of hydrogen-bond acceptors (Lipinski definition) is 2. The van der Waals surface area contributed by atoms with E-state index in [9.17, 15) is 9.18 Å². The molecular formula is C9H10FNO2. The van der Waals surface area contributed by atoms with Crippen LogP contribution in [0.25, 0.3) is 0 Å². The Labute approximate surface area is 75.3 Å². The quantitative estimate of drug-likeness (QED) is 0.755. The molecule has 0 bridgehead atoms. The van der Waals surface area contributed by atoms with E-state index in [1.54, 1.807) is 6.07 Å². The van der Waals surface area contributed by atoms with Crippen LogP contribution in [0.2, 0.25) is 0 Å². The molecule has 0 atom stereocenters. The molecule has 0 saturated carbocycles. The molecule has 0 heterocycles. The zero-order chi connectivity index (χ0) is 9.84. The molecule has 1 aromatic carbocycles. The Morgan fingerprint density at radius 2 is 2.23 bits per heavy atom. The second kappa shape index (κ2) is 3.89. The van der Waals surface area contributed by atoms with Crippen LogP contribution in [0, 0.1) is 5.82 Å². The van der Waals surface area contributed by atoms with Crippen molar-refractivity contribution in [2.45, 2.75) is 6.42 Å². The van der Waals surface area contributed by atoms with Crippen molar-refractivity contribution >= 4 is 5.91 Å². The Bertz CT molecular complexity index is 325. The Morgan fingerprint density at radius 3 is 2.77 bits per heavy atom. The molecule has 0 saturated heterocycles. The average molecular weight is 183 g/mol. The van der Waals surface area contributed by atoms with Gasteiger partial charge in [0.05, 0.1) is 13.5 Å². The van der Waals surface area contributed by atoms with Gasteiger partial charge < -0.3 is 10.5 Å². The molecule has 13 heavy (non-hydrogen) atoms. The standard InChI is InChI=1S/C9H10FNO2/c1-13-8-3-6(4-9(11)12)2-7(10)5-8/h2-3,5H,4H2,1H3,(H2,11,12). The minimum absolute atomic E-state index is 0.0219. The summed E-state index contributed by atoms with van der Waals surface area (Å²) in [6, 6.07) is 4.08. The molecule has 3 nitrogen and oxygen atoms in total. The maximum Gasteiger partial charge on any atom is 0.221 e. The number of methoxy groups -OCH3 is 1. The van der Waals surface area contributed by atoms with Crippen molar-refractivity contribution in [1.29, 1.82) is 0 Å². The number of halogens is 1. The number of ether oxygens (including phenoxy) is 1. The summed E-state index contributed by atoms with van der Waals surface area (Å²) in [5, 5.41) is 0. The normalized spacial score (nSPS) is 9.69. The zero-order valence-electron chi connectivity index (χ0n) is 7.21. The van der Waals surface area contributed by atoms with Crippen molar-refractivity contribution in [3.05, 3.63) is 29.6 Å². The van der Waals surface area contributed by atoms with E-state index in [1.807, 2.05) is 0 Å². The third-order valence-electron chi connectivity index (χ3n) is 1.55. The zero-order valence-corrected chi connectivity index (χ0v) is 7.21. The average Bonchev–Trinajstić information content (AvgIpc) is 2.01. The number of carbonyl (C=O) groups excluding carboxylic acids is 1. The van der Waals surface area contributed by atoms with Crippen molar-refractivity contribution < 1.29 is 13.9 Å². The van der Waals surface area contributed by atoms with Crippen molar-refractivity contribution in [2.24, 2.45) is 5.73 Å². The van der Waals surface area contributed by atoms with Crippen molar-refractivity contribution in [3.63, 3.8) is 0 Å². The van der Waals surface area contributed by atoms with Gasteiger partial charge in [-0.25, -0.2) is 4.39 Å². The van der Waals surface area contributed by atoms with Crippen LogP contribution in [0.15, 0.2) is 18.2 Å². The van der Waals surface area contributed by atoms with E-state index in [1.165, 1.54) is 19.2 Å². The molecule has 0 aliphatic heterocycles. The van der Waals surface area contributed by atoms with E-state index < -0.39 is 11.7 Å². The molecule has 0 radical (unpaired) electrons. The number of nitrogens with two attached hydrogens (primary N) is 1. The molecule has 70 valence electrons. The number of benzene rings is 1. The van der Waals surface area contributed by atoms with Crippen LogP contribution in [-0.2, 0) is 11.2 Å². The van der Waals surface area contributed by atoms with E-state index in [0.717, 1.165) is 0 Å². The topological polar surface area (TPSA) is 52.3 Å². The molecule has 0 unspecified atom stereocenters. The van der Waals surface area contributed by atoms with Gasteiger partial charge in [-0.15, -0.1) is 0 Å². The highest BCUT2D eigenvalue weighted by molar-refractivity contribution is 5.76. The summed E-state index contributed by atoms with van der Waals surface area (Å²) in [5.41, 5.74) is 5.48. The predicted octanol–water partition coefficient (Wildman–Crippen LogP) is 0.862. The number of hydrogen-bond donors (Lipinski definition) is 1. The van der Waals surface area contributed by atoms with Crippen LogP contribution in [-0.4, -0.2) is 13.0 Å². The van der Waals surface area contributed by atoms with E-state index in [-0.39, 0.29) is 6.42 Å². The third-order valence-corrected chi connectivity index (χ3v) is 1.55.